The topological polar surface area (TPSA) is 12.4 Å². The van der Waals surface area contributed by atoms with Gasteiger partial charge in [0.05, 0.1) is 5.54 Å². The van der Waals surface area contributed by atoms with E-state index in [0.717, 1.165) is 0 Å². The quantitative estimate of drug-likeness (QED) is 0.504. The maximum atomic E-state index is 4.80. The molecule has 1 heterocycles. The Morgan fingerprint density at radius 1 is 1.09 bits per heavy atom. The van der Waals surface area contributed by atoms with Crippen LogP contribution in [-0.4, -0.2) is 11.3 Å². The fraction of sp³-hybridized carbons (Fsp3) is 0.900. The predicted octanol–water partition coefficient (Wildman–Crippen LogP) is 2.94. The molecule has 1 fully saturated rings. The lowest BCUT2D eigenvalue weighted by atomic mass is 9.81. The molecule has 1 saturated carbocycles. The zero-order chi connectivity index (χ0) is 7.73. The Balaban J connectivity index is 2.09. The molecule has 1 aliphatic heterocycles. The van der Waals surface area contributed by atoms with E-state index >= 15 is 0 Å². The summed E-state index contributed by atoms with van der Waals surface area (Å²) in [6.45, 7) is 2.18. The van der Waals surface area contributed by atoms with E-state index in [1.807, 2.05) is 0 Å². The standard InChI is InChI=1S/C10H17N/c1-9-5-8-10(11-9)6-3-2-4-7-10/h2-8H2,1H3. The average Bonchev–Trinajstić information content (AvgIpc) is 2.34. The second kappa shape index (κ2) is 2.62. The van der Waals surface area contributed by atoms with Gasteiger partial charge in [-0.2, -0.15) is 0 Å². The monoisotopic (exact) mass is 151 g/mol. The van der Waals surface area contributed by atoms with Crippen LogP contribution in [0.3, 0.4) is 0 Å². The molecule has 62 valence electrons. The first-order valence-corrected chi connectivity index (χ1v) is 4.86. The molecule has 0 aromatic rings. The molecule has 0 unspecified atom stereocenters. The van der Waals surface area contributed by atoms with Crippen molar-refractivity contribution in [3.8, 4) is 0 Å². The molecule has 11 heavy (non-hydrogen) atoms. The van der Waals surface area contributed by atoms with E-state index in [9.17, 15) is 0 Å². The zero-order valence-electron chi connectivity index (χ0n) is 7.40. The van der Waals surface area contributed by atoms with Crippen molar-refractivity contribution in [3.05, 3.63) is 0 Å². The molecule has 1 nitrogen and oxygen atoms in total. The van der Waals surface area contributed by atoms with Crippen LogP contribution in [0.4, 0.5) is 0 Å². The van der Waals surface area contributed by atoms with Gasteiger partial charge in [0.15, 0.2) is 0 Å². The number of aliphatic imine (C=N–C) groups is 1. The average molecular weight is 151 g/mol. The van der Waals surface area contributed by atoms with Crippen molar-refractivity contribution >= 4 is 5.71 Å². The number of rotatable bonds is 0. The highest BCUT2D eigenvalue weighted by molar-refractivity contribution is 5.84. The SMILES string of the molecule is CC1=NC2(CCCCC2)CC1. The second-order valence-electron chi connectivity index (χ2n) is 4.13. The van der Waals surface area contributed by atoms with Crippen LogP contribution in [-0.2, 0) is 0 Å². The third-order valence-corrected chi connectivity index (χ3v) is 3.16. The van der Waals surface area contributed by atoms with Crippen molar-refractivity contribution in [2.24, 2.45) is 4.99 Å². The fourth-order valence-corrected chi connectivity index (χ4v) is 2.50. The van der Waals surface area contributed by atoms with Gasteiger partial charge in [0.2, 0.25) is 0 Å². The van der Waals surface area contributed by atoms with Crippen molar-refractivity contribution in [1.29, 1.82) is 0 Å². The van der Waals surface area contributed by atoms with E-state index in [2.05, 4.69) is 6.92 Å². The third-order valence-electron chi connectivity index (χ3n) is 3.16. The van der Waals surface area contributed by atoms with Gasteiger partial charge in [-0.3, -0.25) is 4.99 Å². The number of nitrogens with zero attached hydrogens (tertiary/aromatic N) is 1. The lowest BCUT2D eigenvalue weighted by Crippen LogP contribution is -2.26. The molecule has 0 aromatic carbocycles. The first kappa shape index (κ1) is 7.33. The summed E-state index contributed by atoms with van der Waals surface area (Å²) >= 11 is 0. The van der Waals surface area contributed by atoms with Gasteiger partial charge in [-0.25, -0.2) is 0 Å². The van der Waals surface area contributed by atoms with Crippen LogP contribution >= 0.6 is 0 Å². The van der Waals surface area contributed by atoms with Crippen LogP contribution in [0.25, 0.3) is 0 Å². The number of hydrogen-bond acceptors (Lipinski definition) is 1. The molecule has 2 aliphatic rings. The Labute approximate surface area is 68.9 Å². The van der Waals surface area contributed by atoms with Gasteiger partial charge in [0.25, 0.3) is 0 Å². The molecule has 0 bridgehead atoms. The van der Waals surface area contributed by atoms with Crippen LogP contribution in [0.5, 0.6) is 0 Å². The lowest BCUT2D eigenvalue weighted by Gasteiger charge is -2.30. The van der Waals surface area contributed by atoms with Gasteiger partial charge >= 0.3 is 0 Å². The van der Waals surface area contributed by atoms with Crippen molar-refractivity contribution in [1.82, 2.24) is 0 Å². The van der Waals surface area contributed by atoms with E-state index in [1.54, 1.807) is 0 Å². The third kappa shape index (κ3) is 1.33. The van der Waals surface area contributed by atoms with E-state index < -0.39 is 0 Å². The highest BCUT2D eigenvalue weighted by atomic mass is 14.9. The van der Waals surface area contributed by atoms with Gasteiger partial charge in [-0.05, 0) is 32.6 Å². The molecular formula is C10H17N. The summed E-state index contributed by atoms with van der Waals surface area (Å²) in [5.74, 6) is 0. The highest BCUT2D eigenvalue weighted by Gasteiger charge is 2.34. The van der Waals surface area contributed by atoms with Gasteiger partial charge in [-0.1, -0.05) is 19.3 Å². The van der Waals surface area contributed by atoms with Crippen LogP contribution in [0.1, 0.15) is 51.9 Å². The number of hydrogen-bond donors (Lipinski definition) is 0. The molecule has 0 saturated heterocycles. The molecule has 0 atom stereocenters. The Hall–Kier alpha value is -0.330. The van der Waals surface area contributed by atoms with E-state index in [-0.39, 0.29) is 0 Å². The van der Waals surface area contributed by atoms with Crippen LogP contribution in [0.2, 0.25) is 0 Å². The Kier molecular flexibility index (Phi) is 1.74. The van der Waals surface area contributed by atoms with Crippen molar-refractivity contribution in [2.45, 2.75) is 57.4 Å². The molecule has 0 N–H and O–H groups in total. The maximum absolute atomic E-state index is 4.80. The molecule has 0 aromatic heterocycles. The summed E-state index contributed by atoms with van der Waals surface area (Å²) in [5, 5.41) is 0. The molecule has 0 radical (unpaired) electrons. The molecule has 1 aliphatic carbocycles. The summed E-state index contributed by atoms with van der Waals surface area (Å²) in [6, 6.07) is 0. The smallest absolute Gasteiger partial charge is 0.0611 e. The van der Waals surface area contributed by atoms with Gasteiger partial charge in [0, 0.05) is 5.71 Å². The Morgan fingerprint density at radius 3 is 2.36 bits per heavy atom. The van der Waals surface area contributed by atoms with Gasteiger partial charge in [0.1, 0.15) is 0 Å². The van der Waals surface area contributed by atoms with Crippen LogP contribution in [0, 0.1) is 0 Å². The predicted molar refractivity (Wildman–Crippen MR) is 48.2 cm³/mol. The molecule has 1 heteroatoms. The first-order chi connectivity index (χ1) is 5.31. The minimum absolute atomic E-state index is 0.433. The Bertz CT molecular complexity index is 175. The summed E-state index contributed by atoms with van der Waals surface area (Å²) in [4.78, 5) is 4.80. The van der Waals surface area contributed by atoms with E-state index in [4.69, 9.17) is 4.99 Å². The minimum Gasteiger partial charge on any atom is -0.288 e. The second-order valence-corrected chi connectivity index (χ2v) is 4.13. The maximum Gasteiger partial charge on any atom is 0.0611 e. The largest absolute Gasteiger partial charge is 0.288 e. The Morgan fingerprint density at radius 2 is 1.82 bits per heavy atom. The van der Waals surface area contributed by atoms with Crippen molar-refractivity contribution in [2.75, 3.05) is 0 Å². The fourth-order valence-electron chi connectivity index (χ4n) is 2.50. The van der Waals surface area contributed by atoms with Gasteiger partial charge in [-0.15, -0.1) is 0 Å². The molecule has 2 rings (SSSR count). The van der Waals surface area contributed by atoms with Crippen molar-refractivity contribution in [3.63, 3.8) is 0 Å². The van der Waals surface area contributed by atoms with Crippen LogP contribution < -0.4 is 0 Å². The summed E-state index contributed by atoms with van der Waals surface area (Å²) in [5.41, 5.74) is 1.83. The molecular weight excluding hydrogens is 134 g/mol. The summed E-state index contributed by atoms with van der Waals surface area (Å²) < 4.78 is 0. The lowest BCUT2D eigenvalue weighted by molar-refractivity contribution is 0.298. The molecule has 1 spiro atoms. The first-order valence-electron chi connectivity index (χ1n) is 4.86. The highest BCUT2D eigenvalue weighted by Crippen LogP contribution is 2.39. The zero-order valence-corrected chi connectivity index (χ0v) is 7.40. The normalized spacial score (nSPS) is 29.0. The van der Waals surface area contributed by atoms with Gasteiger partial charge < -0.3 is 0 Å². The molecule has 0 amide bonds. The summed E-state index contributed by atoms with van der Waals surface area (Å²) in [6.07, 6.45) is 9.61. The van der Waals surface area contributed by atoms with Crippen LogP contribution in [0.15, 0.2) is 4.99 Å². The van der Waals surface area contributed by atoms with E-state index in [1.165, 1.54) is 50.7 Å². The van der Waals surface area contributed by atoms with Crippen molar-refractivity contribution < 1.29 is 0 Å². The minimum atomic E-state index is 0.433. The van der Waals surface area contributed by atoms with E-state index in [0.29, 0.717) is 5.54 Å². The summed E-state index contributed by atoms with van der Waals surface area (Å²) in [7, 11) is 0.